The minimum Gasteiger partial charge on any atom is -0.482 e. The fourth-order valence-electron chi connectivity index (χ4n) is 1.67. The Morgan fingerprint density at radius 1 is 1.12 bits per heavy atom. The number of anilines is 1. The third-order valence-electron chi connectivity index (χ3n) is 2.99. The van der Waals surface area contributed by atoms with E-state index in [4.69, 9.17) is 44.3 Å². The summed E-state index contributed by atoms with van der Waals surface area (Å²) in [6.07, 6.45) is 1.37. The van der Waals surface area contributed by atoms with Crippen LogP contribution in [-0.2, 0) is 14.3 Å². The Labute approximate surface area is 159 Å². The maximum atomic E-state index is 11.8. The number of halogens is 3. The molecule has 132 valence electrons. The molecule has 0 bridgehead atoms. The number of hydrogen-bond donors (Lipinski definition) is 1. The highest BCUT2D eigenvalue weighted by atomic mass is 35.5. The first kappa shape index (κ1) is 19.3. The topological polar surface area (TPSA) is 77.5 Å². The van der Waals surface area contributed by atoms with Crippen molar-refractivity contribution in [3.8, 4) is 5.75 Å². The largest absolute Gasteiger partial charge is 0.482 e. The highest BCUT2D eigenvalue weighted by Gasteiger charge is 2.13. The van der Waals surface area contributed by atoms with E-state index in [1.807, 2.05) is 0 Å². The molecular weight excluding hydrogens is 391 g/mol. The highest BCUT2D eigenvalue weighted by Crippen LogP contribution is 2.28. The van der Waals surface area contributed by atoms with Crippen LogP contribution >= 0.6 is 34.8 Å². The van der Waals surface area contributed by atoms with Gasteiger partial charge in [0.05, 0.1) is 10.0 Å². The lowest BCUT2D eigenvalue weighted by Crippen LogP contribution is -2.24. The Morgan fingerprint density at radius 2 is 1.80 bits per heavy atom. The van der Waals surface area contributed by atoms with Crippen LogP contribution < -0.4 is 10.1 Å². The Bertz CT molecular complexity index is 782. The summed E-state index contributed by atoms with van der Waals surface area (Å²) in [4.78, 5) is 27.3. The summed E-state index contributed by atoms with van der Waals surface area (Å²) in [7, 11) is 0. The summed E-state index contributed by atoms with van der Waals surface area (Å²) >= 11 is 17.6. The molecule has 0 atom stereocenters. The molecule has 1 N–H and O–H groups in total. The number of hydrogen-bond acceptors (Lipinski definition) is 5. The van der Waals surface area contributed by atoms with Crippen molar-refractivity contribution in [1.82, 2.24) is 4.98 Å². The molecule has 2 rings (SSSR count). The molecule has 1 aromatic heterocycles. The van der Waals surface area contributed by atoms with Gasteiger partial charge in [0.1, 0.15) is 5.75 Å². The van der Waals surface area contributed by atoms with Gasteiger partial charge in [-0.05, 0) is 36.8 Å². The zero-order valence-electron chi connectivity index (χ0n) is 13.0. The number of esters is 1. The fourth-order valence-corrected chi connectivity index (χ4v) is 2.19. The normalized spacial score (nSPS) is 10.2. The zero-order valence-corrected chi connectivity index (χ0v) is 15.3. The van der Waals surface area contributed by atoms with Gasteiger partial charge in [0.15, 0.2) is 19.0 Å². The van der Waals surface area contributed by atoms with Crippen LogP contribution in [0.15, 0.2) is 30.5 Å². The lowest BCUT2D eigenvalue weighted by atomic mass is 10.3. The van der Waals surface area contributed by atoms with E-state index in [0.717, 1.165) is 0 Å². The van der Waals surface area contributed by atoms with Gasteiger partial charge in [-0.15, -0.1) is 0 Å². The van der Waals surface area contributed by atoms with Crippen molar-refractivity contribution in [3.05, 3.63) is 51.1 Å². The molecule has 1 heterocycles. The zero-order chi connectivity index (χ0) is 18.4. The van der Waals surface area contributed by atoms with Gasteiger partial charge in [0.2, 0.25) is 0 Å². The van der Waals surface area contributed by atoms with Gasteiger partial charge in [0.25, 0.3) is 5.91 Å². The standard InChI is InChI=1S/C16H13Cl3N2O4/c1-9-12(18)6-20-16(15(9)19)21-13(22)7-25-14(23)8-24-11-4-2-10(17)3-5-11/h2-6H,7-8H2,1H3,(H,20,21,22). The molecule has 0 unspecified atom stereocenters. The van der Waals surface area contributed by atoms with Crippen LogP contribution in [-0.4, -0.2) is 30.1 Å². The first-order chi connectivity index (χ1) is 11.9. The maximum Gasteiger partial charge on any atom is 0.344 e. The fraction of sp³-hybridized carbons (Fsp3) is 0.188. The number of nitrogens with zero attached hydrogens (tertiary/aromatic N) is 1. The second-order valence-electron chi connectivity index (χ2n) is 4.85. The van der Waals surface area contributed by atoms with Crippen molar-refractivity contribution in [2.24, 2.45) is 0 Å². The molecule has 0 aliphatic heterocycles. The summed E-state index contributed by atoms with van der Waals surface area (Å²) in [6.45, 7) is 0.854. The summed E-state index contributed by atoms with van der Waals surface area (Å²) in [5, 5.41) is 3.60. The first-order valence-corrected chi connectivity index (χ1v) is 8.14. The molecule has 9 heteroatoms. The summed E-state index contributed by atoms with van der Waals surface area (Å²) < 4.78 is 10.0. The number of amides is 1. The van der Waals surface area contributed by atoms with Crippen LogP contribution in [0.5, 0.6) is 5.75 Å². The molecule has 0 saturated heterocycles. The summed E-state index contributed by atoms with van der Waals surface area (Å²) in [5.74, 6) is -0.687. The number of rotatable bonds is 6. The minimum absolute atomic E-state index is 0.141. The molecule has 0 radical (unpaired) electrons. The second-order valence-corrected chi connectivity index (χ2v) is 6.07. The average Bonchev–Trinajstić information content (AvgIpc) is 2.60. The Morgan fingerprint density at radius 3 is 2.48 bits per heavy atom. The van der Waals surface area contributed by atoms with Gasteiger partial charge in [-0.3, -0.25) is 4.79 Å². The van der Waals surface area contributed by atoms with Crippen molar-refractivity contribution < 1.29 is 19.1 Å². The predicted molar refractivity (Wildman–Crippen MR) is 95.5 cm³/mol. The molecule has 6 nitrogen and oxygen atoms in total. The predicted octanol–water partition coefficient (Wildman–Crippen LogP) is 3.91. The van der Waals surface area contributed by atoms with Crippen molar-refractivity contribution in [2.75, 3.05) is 18.5 Å². The monoisotopic (exact) mass is 402 g/mol. The average molecular weight is 404 g/mol. The van der Waals surface area contributed by atoms with Crippen LogP contribution in [0.3, 0.4) is 0 Å². The molecule has 0 aliphatic rings. The van der Waals surface area contributed by atoms with Gasteiger partial charge in [-0.25, -0.2) is 9.78 Å². The number of aromatic nitrogens is 1. The van der Waals surface area contributed by atoms with E-state index in [1.165, 1.54) is 6.20 Å². The third-order valence-corrected chi connectivity index (χ3v) is 4.09. The van der Waals surface area contributed by atoms with Crippen LogP contribution in [0.2, 0.25) is 15.1 Å². The summed E-state index contributed by atoms with van der Waals surface area (Å²) in [6, 6.07) is 6.47. The smallest absolute Gasteiger partial charge is 0.344 e. The number of nitrogens with one attached hydrogen (secondary N) is 1. The quantitative estimate of drug-likeness (QED) is 0.740. The van der Waals surface area contributed by atoms with Crippen molar-refractivity contribution in [1.29, 1.82) is 0 Å². The van der Waals surface area contributed by atoms with Crippen molar-refractivity contribution >= 4 is 52.5 Å². The van der Waals surface area contributed by atoms with Crippen LogP contribution in [0.1, 0.15) is 5.56 Å². The van der Waals surface area contributed by atoms with Crippen molar-refractivity contribution in [3.63, 3.8) is 0 Å². The van der Waals surface area contributed by atoms with Crippen molar-refractivity contribution in [2.45, 2.75) is 6.92 Å². The molecule has 0 fully saturated rings. The van der Waals surface area contributed by atoms with E-state index in [-0.39, 0.29) is 17.4 Å². The number of ether oxygens (including phenoxy) is 2. The molecule has 0 aliphatic carbocycles. The number of pyridine rings is 1. The number of benzene rings is 1. The van der Waals surface area contributed by atoms with E-state index in [1.54, 1.807) is 31.2 Å². The third kappa shape index (κ3) is 5.77. The molecule has 2 aromatic rings. The number of carbonyl (C=O) groups is 2. The molecule has 1 amide bonds. The molecule has 0 saturated carbocycles. The Kier molecular flexibility index (Phi) is 6.87. The first-order valence-electron chi connectivity index (χ1n) is 7.01. The Balaban J connectivity index is 1.78. The number of carbonyl (C=O) groups excluding carboxylic acids is 2. The highest BCUT2D eigenvalue weighted by molar-refractivity contribution is 6.37. The van der Waals surface area contributed by atoms with Crippen LogP contribution in [0, 0.1) is 6.92 Å². The molecular formula is C16H13Cl3N2O4. The lowest BCUT2D eigenvalue weighted by molar-refractivity contribution is -0.149. The summed E-state index contributed by atoms with van der Waals surface area (Å²) in [5.41, 5.74) is 0.585. The van der Waals surface area contributed by atoms with Crippen LogP contribution in [0.4, 0.5) is 5.82 Å². The van der Waals surface area contributed by atoms with E-state index in [0.29, 0.717) is 21.4 Å². The Hall–Kier alpha value is -2.02. The van der Waals surface area contributed by atoms with Gasteiger partial charge >= 0.3 is 5.97 Å². The van der Waals surface area contributed by atoms with Gasteiger partial charge < -0.3 is 14.8 Å². The lowest BCUT2D eigenvalue weighted by Gasteiger charge is -2.10. The van der Waals surface area contributed by atoms with E-state index in [2.05, 4.69) is 10.3 Å². The van der Waals surface area contributed by atoms with Gasteiger partial charge in [0, 0.05) is 11.2 Å². The van der Waals surface area contributed by atoms with E-state index in [9.17, 15) is 9.59 Å². The molecule has 25 heavy (non-hydrogen) atoms. The van der Waals surface area contributed by atoms with E-state index >= 15 is 0 Å². The van der Waals surface area contributed by atoms with Crippen LogP contribution in [0.25, 0.3) is 0 Å². The van der Waals surface area contributed by atoms with E-state index < -0.39 is 18.5 Å². The minimum atomic E-state index is -0.698. The van der Waals surface area contributed by atoms with Gasteiger partial charge in [-0.1, -0.05) is 34.8 Å². The SMILES string of the molecule is Cc1c(Cl)cnc(NC(=O)COC(=O)COc2ccc(Cl)cc2)c1Cl. The van der Waals surface area contributed by atoms with Gasteiger partial charge in [-0.2, -0.15) is 0 Å². The molecule has 1 aromatic carbocycles. The molecule has 0 spiro atoms. The maximum absolute atomic E-state index is 11.8. The second kappa shape index (κ2) is 8.89.